The summed E-state index contributed by atoms with van der Waals surface area (Å²) >= 11 is 3.05. The molecule has 94 valence electrons. The van der Waals surface area contributed by atoms with Crippen molar-refractivity contribution in [2.24, 2.45) is 5.73 Å². The average Bonchev–Trinajstić information content (AvgIpc) is 2.21. The third-order valence-electron chi connectivity index (χ3n) is 2.11. The second kappa shape index (κ2) is 6.58. The Morgan fingerprint density at radius 3 is 2.71 bits per heavy atom. The third-order valence-corrected chi connectivity index (χ3v) is 2.71. The lowest BCUT2D eigenvalue weighted by molar-refractivity contribution is -0.385. The summed E-state index contributed by atoms with van der Waals surface area (Å²) in [5, 5.41) is 20.4. The summed E-state index contributed by atoms with van der Waals surface area (Å²) in [4.78, 5) is 10.1. The molecule has 0 spiro atoms. The molecule has 1 aromatic carbocycles. The molecule has 3 N–H and O–H groups in total. The number of hydrogen-bond donors (Lipinski definition) is 2. The van der Waals surface area contributed by atoms with Crippen molar-refractivity contribution >= 4 is 34.0 Å². The maximum absolute atomic E-state index is 10.6. The molecule has 0 amide bonds. The van der Waals surface area contributed by atoms with E-state index >= 15 is 0 Å². The van der Waals surface area contributed by atoms with E-state index in [0.29, 0.717) is 12.0 Å². The van der Waals surface area contributed by atoms with Gasteiger partial charge in [-0.2, -0.15) is 0 Å². The Labute approximate surface area is 113 Å². The number of nitrogens with zero attached hydrogens (tertiary/aromatic N) is 1. The molecule has 0 aliphatic carbocycles. The standard InChI is InChI=1S/C10H11BrN2O3.ClH/c1-2-3-9(12)7-4-6(13(15)16)5-8(11)10(7)14;/h2,4-5,9,14H,1,3,12H2;1H/t9-;/m1./s1. The number of nitrogens with two attached hydrogens (primary N) is 1. The van der Waals surface area contributed by atoms with Gasteiger partial charge in [0, 0.05) is 23.7 Å². The largest absolute Gasteiger partial charge is 0.506 e. The Balaban J connectivity index is 0.00000256. The highest BCUT2D eigenvalue weighted by Crippen LogP contribution is 2.36. The number of benzene rings is 1. The van der Waals surface area contributed by atoms with Gasteiger partial charge in [0.05, 0.1) is 9.40 Å². The molecule has 1 rings (SSSR count). The van der Waals surface area contributed by atoms with Crippen molar-refractivity contribution in [1.82, 2.24) is 0 Å². The molecule has 0 radical (unpaired) electrons. The summed E-state index contributed by atoms with van der Waals surface area (Å²) in [5.74, 6) is -0.0695. The second-order valence-electron chi connectivity index (χ2n) is 3.25. The molecule has 1 atom stereocenters. The summed E-state index contributed by atoms with van der Waals surface area (Å²) in [7, 11) is 0. The van der Waals surface area contributed by atoms with Crippen LogP contribution in [0.15, 0.2) is 29.3 Å². The van der Waals surface area contributed by atoms with E-state index in [4.69, 9.17) is 5.73 Å². The molecule has 0 saturated carbocycles. The molecule has 0 saturated heterocycles. The first-order valence-corrected chi connectivity index (χ1v) is 5.30. The zero-order valence-corrected chi connectivity index (χ0v) is 11.2. The molecule has 0 bridgehead atoms. The van der Waals surface area contributed by atoms with Gasteiger partial charge in [-0.25, -0.2) is 0 Å². The Hall–Kier alpha value is -1.11. The topological polar surface area (TPSA) is 89.4 Å². The molecule has 0 aromatic heterocycles. The summed E-state index contributed by atoms with van der Waals surface area (Å²) in [6, 6.07) is 2.00. The number of rotatable bonds is 4. The molecule has 0 heterocycles. The first-order valence-electron chi connectivity index (χ1n) is 4.50. The second-order valence-corrected chi connectivity index (χ2v) is 4.11. The quantitative estimate of drug-likeness (QED) is 0.506. The SMILES string of the molecule is C=CC[C@@H](N)c1cc([N+](=O)[O-])cc(Br)c1O.Cl. The predicted molar refractivity (Wildman–Crippen MR) is 71.5 cm³/mol. The van der Waals surface area contributed by atoms with Gasteiger partial charge in [0.15, 0.2) is 0 Å². The highest BCUT2D eigenvalue weighted by Gasteiger charge is 2.18. The van der Waals surface area contributed by atoms with Crippen molar-refractivity contribution < 1.29 is 10.0 Å². The molecule has 0 unspecified atom stereocenters. The van der Waals surface area contributed by atoms with Crippen LogP contribution in [0.25, 0.3) is 0 Å². The van der Waals surface area contributed by atoms with Crippen LogP contribution in [-0.2, 0) is 0 Å². The fourth-order valence-corrected chi connectivity index (χ4v) is 1.76. The molecule has 0 aliphatic rings. The van der Waals surface area contributed by atoms with E-state index in [1.54, 1.807) is 6.08 Å². The molecule has 17 heavy (non-hydrogen) atoms. The Kier molecular flexibility index (Phi) is 6.15. The summed E-state index contributed by atoms with van der Waals surface area (Å²) in [6.07, 6.45) is 2.03. The summed E-state index contributed by atoms with van der Waals surface area (Å²) in [6.45, 7) is 3.53. The van der Waals surface area contributed by atoms with Gasteiger partial charge in [-0.1, -0.05) is 6.08 Å². The van der Waals surface area contributed by atoms with Crippen molar-refractivity contribution in [3.8, 4) is 5.75 Å². The average molecular weight is 324 g/mol. The van der Waals surface area contributed by atoms with E-state index in [1.165, 1.54) is 12.1 Å². The minimum absolute atomic E-state index is 0. The lowest BCUT2D eigenvalue weighted by Gasteiger charge is -2.12. The van der Waals surface area contributed by atoms with Crippen molar-refractivity contribution in [2.45, 2.75) is 12.5 Å². The van der Waals surface area contributed by atoms with Gasteiger partial charge in [0.25, 0.3) is 5.69 Å². The number of nitro groups is 1. The van der Waals surface area contributed by atoms with Gasteiger partial charge < -0.3 is 10.8 Å². The third kappa shape index (κ3) is 3.69. The van der Waals surface area contributed by atoms with Gasteiger partial charge in [-0.15, -0.1) is 19.0 Å². The smallest absolute Gasteiger partial charge is 0.271 e. The fraction of sp³-hybridized carbons (Fsp3) is 0.200. The molecule has 7 heteroatoms. The molecule has 1 aromatic rings. The normalized spacial score (nSPS) is 11.4. The summed E-state index contributed by atoms with van der Waals surface area (Å²) in [5.41, 5.74) is 5.99. The number of non-ortho nitro benzene ring substituents is 1. The lowest BCUT2D eigenvalue weighted by Crippen LogP contribution is -2.09. The number of halogens is 2. The van der Waals surface area contributed by atoms with Gasteiger partial charge >= 0.3 is 0 Å². The first kappa shape index (κ1) is 15.9. The van der Waals surface area contributed by atoms with Crippen LogP contribution in [0.4, 0.5) is 5.69 Å². The van der Waals surface area contributed by atoms with Crippen LogP contribution >= 0.6 is 28.3 Å². The zero-order valence-electron chi connectivity index (χ0n) is 8.80. The van der Waals surface area contributed by atoms with Crippen molar-refractivity contribution in [2.75, 3.05) is 0 Å². The van der Waals surface area contributed by atoms with E-state index in [2.05, 4.69) is 22.5 Å². The Morgan fingerprint density at radius 2 is 2.24 bits per heavy atom. The monoisotopic (exact) mass is 322 g/mol. The van der Waals surface area contributed by atoms with Crippen molar-refractivity contribution in [3.05, 3.63) is 44.9 Å². The van der Waals surface area contributed by atoms with E-state index < -0.39 is 11.0 Å². The molecular weight excluding hydrogens is 311 g/mol. The zero-order chi connectivity index (χ0) is 12.3. The van der Waals surface area contributed by atoms with Crippen LogP contribution in [0.1, 0.15) is 18.0 Å². The molecule has 0 fully saturated rings. The van der Waals surface area contributed by atoms with Crippen molar-refractivity contribution in [3.63, 3.8) is 0 Å². The van der Waals surface area contributed by atoms with Gasteiger partial charge in [-0.3, -0.25) is 10.1 Å². The molecule has 5 nitrogen and oxygen atoms in total. The van der Waals surface area contributed by atoms with Gasteiger partial charge in [-0.05, 0) is 22.4 Å². The summed E-state index contributed by atoms with van der Waals surface area (Å²) < 4.78 is 0.260. The minimum atomic E-state index is -0.533. The molecular formula is C10H12BrClN2O3. The maximum atomic E-state index is 10.6. The van der Waals surface area contributed by atoms with E-state index in [0.717, 1.165) is 0 Å². The molecule has 0 aliphatic heterocycles. The van der Waals surface area contributed by atoms with E-state index in [-0.39, 0.29) is 28.3 Å². The predicted octanol–water partition coefficient (Wildman–Crippen LogP) is 3.06. The highest BCUT2D eigenvalue weighted by molar-refractivity contribution is 9.10. The first-order chi connectivity index (χ1) is 7.47. The highest BCUT2D eigenvalue weighted by atomic mass is 79.9. The number of nitro benzene ring substituents is 1. The Bertz CT molecular complexity index is 440. The van der Waals surface area contributed by atoms with Crippen LogP contribution in [0.2, 0.25) is 0 Å². The number of phenolic OH excluding ortho intramolecular Hbond substituents is 1. The van der Waals surface area contributed by atoms with Crippen LogP contribution in [0, 0.1) is 10.1 Å². The van der Waals surface area contributed by atoms with Crippen molar-refractivity contribution in [1.29, 1.82) is 0 Å². The number of phenols is 1. The minimum Gasteiger partial charge on any atom is -0.506 e. The van der Waals surface area contributed by atoms with Crippen LogP contribution in [0.3, 0.4) is 0 Å². The fourth-order valence-electron chi connectivity index (χ4n) is 1.30. The maximum Gasteiger partial charge on any atom is 0.271 e. The Morgan fingerprint density at radius 1 is 1.65 bits per heavy atom. The number of hydrogen-bond acceptors (Lipinski definition) is 4. The van der Waals surface area contributed by atoms with E-state index in [9.17, 15) is 15.2 Å². The van der Waals surface area contributed by atoms with Crippen LogP contribution < -0.4 is 5.73 Å². The van der Waals surface area contributed by atoms with Crippen LogP contribution in [0.5, 0.6) is 5.75 Å². The lowest BCUT2D eigenvalue weighted by atomic mass is 10.0. The number of aromatic hydroxyl groups is 1. The van der Waals surface area contributed by atoms with Gasteiger partial charge in [0.1, 0.15) is 5.75 Å². The van der Waals surface area contributed by atoms with Gasteiger partial charge in [0.2, 0.25) is 0 Å². The van der Waals surface area contributed by atoms with E-state index in [1.807, 2.05) is 0 Å². The van der Waals surface area contributed by atoms with Crippen LogP contribution in [-0.4, -0.2) is 10.0 Å².